The van der Waals surface area contributed by atoms with Crippen LogP contribution < -0.4 is 5.09 Å². The van der Waals surface area contributed by atoms with Gasteiger partial charge in [0.25, 0.3) is 0 Å². The van der Waals surface area contributed by atoms with Crippen LogP contribution in [0.15, 0.2) is 0 Å². The minimum atomic E-state index is -3.20. The highest BCUT2D eigenvalue weighted by Crippen LogP contribution is 2.00. The van der Waals surface area contributed by atoms with E-state index >= 15 is 0 Å². The molecule has 0 amide bonds. The Morgan fingerprint density at radius 3 is 2.38 bits per heavy atom. The van der Waals surface area contributed by atoms with E-state index in [1.807, 2.05) is 0 Å². The van der Waals surface area contributed by atoms with Gasteiger partial charge in [-0.3, -0.25) is 5.09 Å². The first-order valence-electron chi connectivity index (χ1n) is 3.84. The molecule has 0 saturated heterocycles. The fraction of sp³-hybridized carbons (Fsp3) is 1.00. The van der Waals surface area contributed by atoms with Crippen LogP contribution in [0.2, 0.25) is 0 Å². The van der Waals surface area contributed by atoms with E-state index in [-0.39, 0.29) is 12.6 Å². The lowest BCUT2D eigenvalue weighted by Crippen LogP contribution is -2.42. The van der Waals surface area contributed by atoms with E-state index in [1.165, 1.54) is 7.05 Å². The molecule has 0 heterocycles. The van der Waals surface area contributed by atoms with E-state index in [0.29, 0.717) is 0 Å². The molecule has 0 bridgehead atoms. The molecule has 0 aromatic carbocycles. The van der Waals surface area contributed by atoms with Gasteiger partial charge < -0.3 is 5.11 Å². The van der Waals surface area contributed by atoms with Crippen LogP contribution in [0.1, 0.15) is 6.92 Å². The van der Waals surface area contributed by atoms with Gasteiger partial charge in [0.2, 0.25) is 10.0 Å². The lowest BCUT2D eigenvalue weighted by atomic mass is 10.2. The molecule has 5 nitrogen and oxygen atoms in total. The molecule has 0 radical (unpaired) electrons. The zero-order chi connectivity index (χ0) is 10.6. The van der Waals surface area contributed by atoms with Crippen molar-refractivity contribution in [2.24, 2.45) is 0 Å². The van der Waals surface area contributed by atoms with E-state index in [2.05, 4.69) is 14.5 Å². The predicted molar refractivity (Wildman–Crippen MR) is 55.8 cm³/mol. The van der Waals surface area contributed by atoms with Crippen molar-refractivity contribution in [3.63, 3.8) is 0 Å². The van der Waals surface area contributed by atoms with Crippen molar-refractivity contribution in [2.75, 3.05) is 19.8 Å². The van der Waals surface area contributed by atoms with Gasteiger partial charge in [-0.2, -0.15) is 0 Å². The van der Waals surface area contributed by atoms with Crippen LogP contribution in [0.3, 0.4) is 0 Å². The molecule has 80 valence electrons. The van der Waals surface area contributed by atoms with E-state index in [1.54, 1.807) is 6.92 Å². The van der Waals surface area contributed by atoms with Gasteiger partial charge in [-0.15, -0.1) is 0 Å². The van der Waals surface area contributed by atoms with E-state index < -0.39 is 16.1 Å². The second-order valence-electron chi connectivity index (χ2n) is 3.07. The minimum Gasteiger partial charge on any atom is -0.390 e. The second kappa shape index (κ2) is 5.22. The molecule has 0 rings (SSSR count). The Balaban J connectivity index is 4.14. The third-order valence-electron chi connectivity index (χ3n) is 1.85. The van der Waals surface area contributed by atoms with Crippen LogP contribution in [0.25, 0.3) is 0 Å². The Labute approximate surface area is 81.8 Å². The monoisotopic (exact) mass is 228 g/mol. The summed E-state index contributed by atoms with van der Waals surface area (Å²) in [5.41, 5.74) is 0. The van der Waals surface area contributed by atoms with Crippen LogP contribution in [-0.4, -0.2) is 49.8 Å². The first-order chi connectivity index (χ1) is 5.79. The average Bonchev–Trinajstić information content (AvgIpc) is 2.01. The maximum atomic E-state index is 11.0. The highest BCUT2D eigenvalue weighted by Gasteiger charge is 2.19. The van der Waals surface area contributed by atoms with Crippen LogP contribution in [0, 0.1) is 0 Å². The fourth-order valence-corrected chi connectivity index (χ4v) is 1.31. The number of hydrogen-bond acceptors (Lipinski definition) is 4. The minimum absolute atomic E-state index is 0.0986. The summed E-state index contributed by atoms with van der Waals surface area (Å²) in [5.74, 6) is 0. The number of likely N-dealkylation sites (N-methyl/N-ethyl adjacent to an activating group) is 1. The van der Waals surface area contributed by atoms with Crippen molar-refractivity contribution in [2.45, 2.75) is 19.1 Å². The summed E-state index contributed by atoms with van der Waals surface area (Å²) in [6, 6.07) is -0.158. The molecule has 0 fully saturated rings. The Morgan fingerprint density at radius 2 is 2.08 bits per heavy atom. The maximum absolute atomic E-state index is 11.0. The number of hydrogen-bond donors (Lipinski definition) is 2. The third kappa shape index (κ3) is 4.88. The zero-order valence-corrected chi connectivity index (χ0v) is 10.0. The Hall–Kier alpha value is 0.260. The van der Waals surface area contributed by atoms with Crippen molar-refractivity contribution >= 4 is 19.4 Å². The summed E-state index contributed by atoms with van der Waals surface area (Å²) >= 11 is 0. The maximum Gasteiger partial charge on any atom is 0.211 e. The number of rotatable bonds is 5. The molecular formula is C6H17N2O3PS. The van der Waals surface area contributed by atoms with Crippen LogP contribution in [-0.2, 0) is 10.0 Å². The average molecular weight is 228 g/mol. The van der Waals surface area contributed by atoms with Crippen molar-refractivity contribution in [3.05, 3.63) is 0 Å². The number of sulfonamides is 1. The summed E-state index contributed by atoms with van der Waals surface area (Å²) in [6.45, 7) is 1.87. The molecule has 1 unspecified atom stereocenters. The molecule has 7 heteroatoms. The lowest BCUT2D eigenvalue weighted by Gasteiger charge is -2.22. The molecule has 0 spiro atoms. The number of nitrogens with zero attached hydrogens (tertiary/aromatic N) is 1. The molecule has 3 atom stereocenters. The summed E-state index contributed by atoms with van der Waals surface area (Å²) in [7, 11) is 0.515. The molecule has 0 aromatic rings. The topological polar surface area (TPSA) is 69.6 Å². The summed E-state index contributed by atoms with van der Waals surface area (Å²) in [4.78, 5) is 0. The summed E-state index contributed by atoms with van der Waals surface area (Å²) in [5, 5.41) is 12.2. The normalized spacial score (nSPS) is 17.4. The summed E-state index contributed by atoms with van der Waals surface area (Å²) in [6.07, 6.45) is 0.399. The lowest BCUT2D eigenvalue weighted by molar-refractivity contribution is 0.126. The van der Waals surface area contributed by atoms with Crippen molar-refractivity contribution in [3.8, 4) is 0 Å². The van der Waals surface area contributed by atoms with Gasteiger partial charge in [0.1, 0.15) is 0 Å². The van der Waals surface area contributed by atoms with E-state index in [4.69, 9.17) is 0 Å². The van der Waals surface area contributed by atoms with Gasteiger partial charge in [-0.05, 0) is 6.92 Å². The standard InChI is InChI=1S/C6H17N2O3PS/c1-5(7-12)6(9)4-8(2)13(3,10)11/h5-7,9H,4,12H2,1-3H3/t5-,6+/m0/s1. The quantitative estimate of drug-likeness (QED) is 0.593. The van der Waals surface area contributed by atoms with Gasteiger partial charge in [-0.1, -0.05) is 9.39 Å². The molecular weight excluding hydrogens is 211 g/mol. The predicted octanol–water partition coefficient (Wildman–Crippen LogP) is -0.993. The van der Waals surface area contributed by atoms with Crippen LogP contribution in [0.4, 0.5) is 0 Å². The van der Waals surface area contributed by atoms with E-state index in [9.17, 15) is 13.5 Å². The van der Waals surface area contributed by atoms with Crippen LogP contribution >= 0.6 is 9.39 Å². The molecule has 0 aliphatic rings. The smallest absolute Gasteiger partial charge is 0.211 e. The largest absolute Gasteiger partial charge is 0.390 e. The van der Waals surface area contributed by atoms with Gasteiger partial charge in [0.05, 0.1) is 12.4 Å². The molecule has 13 heavy (non-hydrogen) atoms. The van der Waals surface area contributed by atoms with Gasteiger partial charge in [-0.25, -0.2) is 12.7 Å². The number of aliphatic hydroxyl groups excluding tert-OH is 1. The SMILES string of the molecule is C[C@H](NP)[C@H](O)CN(C)S(C)(=O)=O. The second-order valence-corrected chi connectivity index (χ2v) is 5.49. The fourth-order valence-electron chi connectivity index (χ4n) is 0.668. The van der Waals surface area contributed by atoms with Crippen molar-refractivity contribution < 1.29 is 13.5 Å². The highest BCUT2D eigenvalue weighted by molar-refractivity contribution is 7.88. The highest BCUT2D eigenvalue weighted by atomic mass is 32.2. The summed E-state index contributed by atoms with van der Waals surface area (Å²) < 4.78 is 23.1. The molecule has 0 aromatic heterocycles. The first kappa shape index (κ1) is 13.3. The van der Waals surface area contributed by atoms with E-state index in [0.717, 1.165) is 10.6 Å². The molecule has 0 saturated carbocycles. The number of nitrogens with one attached hydrogen (secondary N) is 1. The van der Waals surface area contributed by atoms with Crippen LogP contribution in [0.5, 0.6) is 0 Å². The number of aliphatic hydroxyl groups is 1. The Bertz CT molecular complexity index is 244. The van der Waals surface area contributed by atoms with Gasteiger partial charge in [0.15, 0.2) is 0 Å². The Kier molecular flexibility index (Phi) is 5.32. The zero-order valence-electron chi connectivity index (χ0n) is 8.06. The molecule has 0 aliphatic heterocycles. The third-order valence-corrected chi connectivity index (χ3v) is 3.66. The van der Waals surface area contributed by atoms with Gasteiger partial charge >= 0.3 is 0 Å². The van der Waals surface area contributed by atoms with Crippen molar-refractivity contribution in [1.82, 2.24) is 9.39 Å². The Morgan fingerprint density at radius 1 is 1.62 bits per heavy atom. The molecule has 2 N–H and O–H groups in total. The first-order valence-corrected chi connectivity index (χ1v) is 6.27. The van der Waals surface area contributed by atoms with Crippen molar-refractivity contribution in [1.29, 1.82) is 0 Å². The van der Waals surface area contributed by atoms with Gasteiger partial charge in [0, 0.05) is 19.6 Å². The molecule has 0 aliphatic carbocycles.